The number of hydrogen-bond acceptors (Lipinski definition) is 14. The highest BCUT2D eigenvalue weighted by Gasteiger charge is 2.25. The van der Waals surface area contributed by atoms with Gasteiger partial charge in [0.1, 0.15) is 64.4 Å². The quantitative estimate of drug-likeness (QED) is 0.0625. The zero-order valence-corrected chi connectivity index (χ0v) is 53.1. The SMILES string of the molecule is CC(C)(C)OC(=O)N(CCF)c1cccc(N)c1.Cn1c2ccncc2c2ccc(Br)nc21.Cn1c2ccncc2c2ccc(Nc3cccc(N(CCF)C(=O)OC(C)(C)C)c3)nc21.Cn1c2ccncc2c2ccc(Nc3cccc(NCCF)c3)nc21. The summed E-state index contributed by atoms with van der Waals surface area (Å²) < 4.78 is 55.7. The van der Waals surface area contributed by atoms with E-state index in [-0.39, 0.29) is 13.1 Å². The van der Waals surface area contributed by atoms with Crippen LogP contribution in [0.4, 0.5) is 68.5 Å². The Morgan fingerprint density at radius 2 is 0.922 bits per heavy atom. The molecule has 0 bridgehead atoms. The number of aromatic nitrogens is 9. The molecule has 0 spiro atoms. The van der Waals surface area contributed by atoms with Crippen LogP contribution in [0, 0.1) is 0 Å². The van der Waals surface area contributed by atoms with Gasteiger partial charge < -0.3 is 44.9 Å². The van der Waals surface area contributed by atoms with E-state index in [2.05, 4.69) is 73.1 Å². The maximum atomic E-state index is 13.2. The lowest BCUT2D eigenvalue weighted by Crippen LogP contribution is -2.38. The van der Waals surface area contributed by atoms with Gasteiger partial charge >= 0.3 is 12.2 Å². The smallest absolute Gasteiger partial charge is 0.414 e. The van der Waals surface area contributed by atoms with E-state index in [4.69, 9.17) is 25.2 Å². The first kappa shape index (κ1) is 64.4. The van der Waals surface area contributed by atoms with Crippen molar-refractivity contribution < 1.29 is 32.2 Å². The summed E-state index contributed by atoms with van der Waals surface area (Å²) in [6, 6.07) is 39.5. The molecule has 2 amide bonds. The zero-order chi connectivity index (χ0) is 64.3. The highest BCUT2D eigenvalue weighted by molar-refractivity contribution is 9.10. The number of benzene rings is 3. The average molecular weight is 1290 g/mol. The number of fused-ring (bicyclic) bond motifs is 9. The second-order valence-electron chi connectivity index (χ2n) is 22.7. The lowest BCUT2D eigenvalue weighted by atomic mass is 10.2. The number of halogens is 4. The Kier molecular flexibility index (Phi) is 20.4. The summed E-state index contributed by atoms with van der Waals surface area (Å²) in [6.45, 7) is 9.06. The summed E-state index contributed by atoms with van der Waals surface area (Å²) in [5, 5.41) is 16.2. The second-order valence-corrected chi connectivity index (χ2v) is 23.5. The number of amides is 2. The highest BCUT2D eigenvalue weighted by atomic mass is 79.9. The fraction of sp³-hybridized carbons (Fsp3) is 0.254. The number of nitrogens with one attached hydrogen (secondary N) is 3. The van der Waals surface area contributed by atoms with Crippen LogP contribution in [0.25, 0.3) is 65.8 Å². The van der Waals surface area contributed by atoms with Crippen LogP contribution in [0.2, 0.25) is 0 Å². The van der Waals surface area contributed by atoms with Crippen molar-refractivity contribution in [1.82, 2.24) is 43.6 Å². The van der Waals surface area contributed by atoms with E-state index in [1.807, 2.05) is 117 Å². The molecule has 0 radical (unpaired) electrons. The Balaban J connectivity index is 0.000000148. The van der Waals surface area contributed by atoms with Gasteiger partial charge in [0.2, 0.25) is 0 Å². The molecule has 0 saturated heterocycles. The molecular formula is C67H71BrF3N15O4. The molecule has 0 aliphatic carbocycles. The van der Waals surface area contributed by atoms with Gasteiger partial charge in [-0.15, -0.1) is 0 Å². The molecule has 0 atom stereocenters. The number of nitrogens with two attached hydrogens (primary N) is 1. The fourth-order valence-corrected chi connectivity index (χ4v) is 10.3. The predicted molar refractivity (Wildman–Crippen MR) is 360 cm³/mol. The molecule has 0 aliphatic rings. The number of carbonyl (C=O) groups excluding carboxylic acids is 2. The van der Waals surface area contributed by atoms with Crippen molar-refractivity contribution in [3.63, 3.8) is 0 Å². The summed E-state index contributed by atoms with van der Waals surface area (Å²) in [5.41, 5.74) is 14.5. The number of pyridine rings is 6. The predicted octanol–water partition coefficient (Wildman–Crippen LogP) is 15.7. The van der Waals surface area contributed by atoms with Gasteiger partial charge in [-0.3, -0.25) is 24.8 Å². The highest BCUT2D eigenvalue weighted by Crippen LogP contribution is 2.32. The number of anilines is 8. The minimum absolute atomic E-state index is 0.0572. The number of hydrogen-bond donors (Lipinski definition) is 4. The molecule has 3 aromatic carbocycles. The Bertz CT molecular complexity index is 4490. The van der Waals surface area contributed by atoms with E-state index in [1.54, 1.807) is 103 Å². The van der Waals surface area contributed by atoms with Gasteiger partial charge in [0, 0.05) is 131 Å². The Morgan fingerprint density at radius 1 is 0.511 bits per heavy atom. The van der Waals surface area contributed by atoms with Crippen LogP contribution >= 0.6 is 15.9 Å². The van der Waals surface area contributed by atoms with Crippen LogP contribution in [0.5, 0.6) is 0 Å². The summed E-state index contributed by atoms with van der Waals surface area (Å²) in [5.74, 6) is 1.41. The van der Waals surface area contributed by atoms with Crippen LogP contribution in [0.3, 0.4) is 0 Å². The van der Waals surface area contributed by atoms with E-state index in [1.165, 1.54) is 9.80 Å². The third kappa shape index (κ3) is 15.6. The van der Waals surface area contributed by atoms with Gasteiger partial charge in [-0.25, -0.2) is 37.7 Å². The van der Waals surface area contributed by atoms with Crippen molar-refractivity contribution in [3.8, 4) is 0 Å². The number of aryl methyl sites for hydroxylation is 3. The minimum Gasteiger partial charge on any atom is -0.443 e. The van der Waals surface area contributed by atoms with Crippen LogP contribution in [-0.4, -0.2) is 107 Å². The third-order valence-corrected chi connectivity index (χ3v) is 14.3. The normalized spacial score (nSPS) is 11.3. The Hall–Kier alpha value is -10.0. The van der Waals surface area contributed by atoms with Crippen molar-refractivity contribution in [2.45, 2.75) is 52.7 Å². The van der Waals surface area contributed by atoms with Crippen molar-refractivity contribution in [2.75, 3.05) is 71.1 Å². The number of carbonyl (C=O) groups is 2. The fourth-order valence-electron chi connectivity index (χ4n) is 9.96. The van der Waals surface area contributed by atoms with Gasteiger partial charge in [-0.2, -0.15) is 0 Å². The molecule has 0 fully saturated rings. The van der Waals surface area contributed by atoms with Gasteiger partial charge in [0.15, 0.2) is 0 Å². The van der Waals surface area contributed by atoms with Gasteiger partial charge in [0.25, 0.3) is 0 Å². The van der Waals surface area contributed by atoms with E-state index in [0.29, 0.717) is 29.4 Å². The zero-order valence-electron chi connectivity index (χ0n) is 51.5. The Morgan fingerprint density at radius 3 is 1.37 bits per heavy atom. The average Bonchev–Trinajstić information content (AvgIpc) is 1.67. The van der Waals surface area contributed by atoms with Crippen LogP contribution in [-0.2, 0) is 30.6 Å². The van der Waals surface area contributed by atoms with Crippen molar-refractivity contribution in [2.24, 2.45) is 21.1 Å². The maximum absolute atomic E-state index is 13.2. The van der Waals surface area contributed by atoms with Gasteiger partial charge in [0.05, 0.1) is 29.6 Å². The number of nitrogens with zero attached hydrogens (tertiary/aromatic N) is 11. The molecule has 9 aromatic heterocycles. The molecule has 0 unspecified atom stereocenters. The van der Waals surface area contributed by atoms with Crippen molar-refractivity contribution >= 4 is 140 Å². The summed E-state index contributed by atoms with van der Waals surface area (Å²) in [7, 11) is 5.99. The van der Waals surface area contributed by atoms with Crippen LogP contribution in [0.1, 0.15) is 41.5 Å². The lowest BCUT2D eigenvalue weighted by Gasteiger charge is -2.27. The van der Waals surface area contributed by atoms with E-state index in [9.17, 15) is 22.8 Å². The largest absolute Gasteiger partial charge is 0.443 e. The number of alkyl halides is 3. The number of ether oxygens (including phenoxy) is 2. The monoisotopic (exact) mass is 1290 g/mol. The lowest BCUT2D eigenvalue weighted by molar-refractivity contribution is 0.0567. The van der Waals surface area contributed by atoms with E-state index < -0.39 is 43.4 Å². The van der Waals surface area contributed by atoms with E-state index in [0.717, 1.165) is 93.3 Å². The first-order valence-electron chi connectivity index (χ1n) is 28.9. The molecule has 23 heteroatoms. The van der Waals surface area contributed by atoms with Crippen molar-refractivity contribution in [1.29, 1.82) is 0 Å². The van der Waals surface area contributed by atoms with Crippen molar-refractivity contribution in [3.05, 3.63) is 169 Å². The first-order valence-corrected chi connectivity index (χ1v) is 29.7. The minimum atomic E-state index is -0.676. The molecule has 0 saturated carbocycles. The molecule has 9 heterocycles. The summed E-state index contributed by atoms with van der Waals surface area (Å²) in [4.78, 5) is 53.6. The molecule has 19 nitrogen and oxygen atoms in total. The maximum Gasteiger partial charge on any atom is 0.414 e. The molecule has 5 N–H and O–H groups in total. The van der Waals surface area contributed by atoms with Crippen LogP contribution < -0.4 is 31.5 Å². The Labute approximate surface area is 527 Å². The standard InChI is InChI=1S/C24H26FN5O2.C19H18FN5.C13H19FN2O2.C11H8BrN3/c1-24(2,3)32-23(31)30(13-11-25)17-7-5-6-16(14-17)27-21-9-8-18-19-15-26-12-10-20(19)29(4)22(18)28-21;1-25-17-7-9-21-12-16(17)15-5-6-18(24-19(15)25)23-14-4-2-3-13(11-14)22-10-8-20;1-13(2,3)18-12(17)16(8-7-14)11-6-4-5-10(15)9-11;1-15-9-4-5-13-6-8(9)7-2-3-10(12)14-11(7)15/h5-10,12,14-15H,11,13H2,1-4H3,(H,27,28);2-7,9,11-12,22H,8,10H2,1H3,(H,23,24);4-6,9H,7-8,15H2,1-3H3;2-6H,1H3. The van der Waals surface area contributed by atoms with E-state index >= 15 is 0 Å². The molecule has 0 aliphatic heterocycles. The van der Waals surface area contributed by atoms with Crippen LogP contribution in [0.15, 0.2) is 169 Å². The topological polar surface area (TPSA) is 213 Å². The number of rotatable bonds is 13. The molecular weight excluding hydrogens is 1220 g/mol. The van der Waals surface area contributed by atoms with Gasteiger partial charge in [-0.05, 0) is 167 Å². The molecule has 466 valence electrons. The molecule has 12 aromatic rings. The van der Waals surface area contributed by atoms with Gasteiger partial charge in [-0.1, -0.05) is 18.2 Å². The third-order valence-electron chi connectivity index (χ3n) is 13.9. The summed E-state index contributed by atoms with van der Waals surface area (Å²) in [6.07, 6.45) is 9.78. The number of nitrogen functional groups attached to an aromatic ring is 1. The molecule has 12 rings (SSSR count). The molecule has 90 heavy (non-hydrogen) atoms. The summed E-state index contributed by atoms with van der Waals surface area (Å²) >= 11 is 3.38. The first-order chi connectivity index (χ1) is 43.1. The second kappa shape index (κ2) is 28.4.